The number of nitrogens with one attached hydrogen (secondary N) is 2. The third-order valence-corrected chi connectivity index (χ3v) is 5.05. The number of carbonyl (C=O) groups is 1. The van der Waals surface area contributed by atoms with Crippen LogP contribution < -0.4 is 5.32 Å². The first-order valence-corrected chi connectivity index (χ1v) is 9.31. The molecule has 3 aromatic rings. The molecule has 1 aliphatic rings. The first kappa shape index (κ1) is 17.5. The van der Waals surface area contributed by atoms with Gasteiger partial charge in [-0.25, -0.2) is 0 Å². The van der Waals surface area contributed by atoms with Crippen LogP contribution in [0, 0.1) is 0 Å². The minimum absolute atomic E-state index is 0.0408. The number of fused-ring (bicyclic) bond motifs is 1. The lowest BCUT2D eigenvalue weighted by molar-refractivity contribution is 0.0657. The summed E-state index contributed by atoms with van der Waals surface area (Å²) >= 11 is 0. The van der Waals surface area contributed by atoms with Gasteiger partial charge in [0.2, 0.25) is 0 Å². The Morgan fingerprint density at radius 2 is 1.93 bits per heavy atom. The fourth-order valence-corrected chi connectivity index (χ4v) is 3.38. The van der Waals surface area contributed by atoms with Crippen LogP contribution in [0.3, 0.4) is 0 Å². The van der Waals surface area contributed by atoms with Crippen LogP contribution in [-0.2, 0) is 6.42 Å². The average Bonchev–Trinajstić information content (AvgIpc) is 3.12. The van der Waals surface area contributed by atoms with E-state index in [1.54, 1.807) is 6.07 Å². The van der Waals surface area contributed by atoms with Gasteiger partial charge in [0.25, 0.3) is 5.91 Å². The van der Waals surface area contributed by atoms with Crippen LogP contribution in [0.4, 0.5) is 5.82 Å². The van der Waals surface area contributed by atoms with Crippen molar-refractivity contribution in [1.29, 1.82) is 0 Å². The van der Waals surface area contributed by atoms with Gasteiger partial charge in [-0.1, -0.05) is 18.2 Å². The summed E-state index contributed by atoms with van der Waals surface area (Å²) < 4.78 is 0. The van der Waals surface area contributed by atoms with E-state index in [2.05, 4.69) is 56.8 Å². The Kier molecular flexibility index (Phi) is 5.02. The van der Waals surface area contributed by atoms with Crippen LogP contribution in [0.1, 0.15) is 16.1 Å². The highest BCUT2D eigenvalue weighted by Gasteiger charge is 2.21. The van der Waals surface area contributed by atoms with Crippen LogP contribution in [0.2, 0.25) is 0 Å². The fraction of sp³-hybridized carbons (Fsp3) is 0.350. The Bertz CT molecular complexity index is 912. The van der Waals surface area contributed by atoms with Crippen molar-refractivity contribution in [2.45, 2.75) is 6.42 Å². The second kappa shape index (κ2) is 7.75. The molecular weight excluding hydrogens is 340 g/mol. The molecule has 0 spiro atoms. The third-order valence-electron chi connectivity index (χ3n) is 5.05. The zero-order valence-electron chi connectivity index (χ0n) is 15.5. The Hall–Kier alpha value is -2.93. The molecule has 7 heteroatoms. The van der Waals surface area contributed by atoms with Crippen LogP contribution in [0.25, 0.3) is 10.9 Å². The maximum absolute atomic E-state index is 12.5. The maximum atomic E-state index is 12.5. The summed E-state index contributed by atoms with van der Waals surface area (Å²) in [7, 11) is 2.07. The van der Waals surface area contributed by atoms with Gasteiger partial charge >= 0.3 is 0 Å². The fourth-order valence-electron chi connectivity index (χ4n) is 3.38. The monoisotopic (exact) mass is 364 g/mol. The van der Waals surface area contributed by atoms with E-state index in [4.69, 9.17) is 0 Å². The summed E-state index contributed by atoms with van der Waals surface area (Å²) in [5.74, 6) is 0.644. The quantitative estimate of drug-likeness (QED) is 0.724. The number of likely N-dealkylation sites (N-methyl/N-ethyl adjacent to an activating group) is 1. The standard InChI is InChI=1S/C20H24N6O/c1-25-10-12-26(13-11-25)20(27)18-6-7-19(24-23-18)21-9-8-15-14-22-17-5-3-2-4-16(15)17/h2-7,14,22H,8-13H2,1H3,(H,21,24). The number of aromatic nitrogens is 3. The Balaban J connectivity index is 1.32. The van der Waals surface area contributed by atoms with Crippen molar-refractivity contribution in [3.63, 3.8) is 0 Å². The van der Waals surface area contributed by atoms with Crippen LogP contribution in [0.15, 0.2) is 42.6 Å². The van der Waals surface area contributed by atoms with E-state index in [0.717, 1.165) is 44.7 Å². The third kappa shape index (κ3) is 3.93. The molecular formula is C20H24N6O. The number of para-hydroxylation sites is 1. The summed E-state index contributed by atoms with van der Waals surface area (Å²) in [6, 6.07) is 11.9. The van der Waals surface area contributed by atoms with E-state index >= 15 is 0 Å². The van der Waals surface area contributed by atoms with Crippen molar-refractivity contribution in [2.75, 3.05) is 45.1 Å². The molecule has 0 unspecified atom stereocenters. The highest BCUT2D eigenvalue weighted by atomic mass is 16.2. The van der Waals surface area contributed by atoms with E-state index in [-0.39, 0.29) is 5.91 Å². The number of rotatable bonds is 5. The SMILES string of the molecule is CN1CCN(C(=O)c2ccc(NCCc3c[nH]c4ccccc34)nn2)CC1. The van der Waals surface area contributed by atoms with Crippen LogP contribution in [0.5, 0.6) is 0 Å². The summed E-state index contributed by atoms with van der Waals surface area (Å²) in [4.78, 5) is 19.8. The Morgan fingerprint density at radius 1 is 1.11 bits per heavy atom. The smallest absolute Gasteiger partial charge is 0.274 e. The molecule has 4 rings (SSSR count). The molecule has 1 fully saturated rings. The number of piperazine rings is 1. The van der Waals surface area contributed by atoms with Crippen molar-refractivity contribution in [2.24, 2.45) is 0 Å². The molecule has 0 aliphatic carbocycles. The van der Waals surface area contributed by atoms with E-state index in [1.165, 1.54) is 10.9 Å². The molecule has 1 aliphatic heterocycles. The number of hydrogen-bond donors (Lipinski definition) is 2. The lowest BCUT2D eigenvalue weighted by atomic mass is 10.1. The van der Waals surface area contributed by atoms with Gasteiger partial charge < -0.3 is 20.1 Å². The molecule has 0 saturated carbocycles. The lowest BCUT2D eigenvalue weighted by Crippen LogP contribution is -2.47. The van der Waals surface area contributed by atoms with Gasteiger partial charge in [-0.15, -0.1) is 10.2 Å². The molecule has 27 heavy (non-hydrogen) atoms. The minimum Gasteiger partial charge on any atom is -0.368 e. The summed E-state index contributed by atoms with van der Waals surface area (Å²) in [5.41, 5.74) is 2.83. The predicted octanol–water partition coefficient (Wildman–Crippen LogP) is 2.00. The van der Waals surface area contributed by atoms with Gasteiger partial charge in [0, 0.05) is 49.8 Å². The number of carbonyl (C=O) groups excluding carboxylic acids is 1. The van der Waals surface area contributed by atoms with Gasteiger partial charge in [0.05, 0.1) is 0 Å². The first-order valence-electron chi connectivity index (χ1n) is 9.31. The average molecular weight is 364 g/mol. The molecule has 0 radical (unpaired) electrons. The highest BCUT2D eigenvalue weighted by Crippen LogP contribution is 2.18. The van der Waals surface area contributed by atoms with Crippen molar-refractivity contribution >= 4 is 22.6 Å². The molecule has 0 atom stereocenters. The van der Waals surface area contributed by atoms with Gasteiger partial charge in [-0.05, 0) is 37.2 Å². The molecule has 1 saturated heterocycles. The molecule has 2 aromatic heterocycles. The largest absolute Gasteiger partial charge is 0.368 e. The minimum atomic E-state index is -0.0408. The number of aromatic amines is 1. The molecule has 7 nitrogen and oxygen atoms in total. The van der Waals surface area contributed by atoms with Gasteiger partial charge in [-0.3, -0.25) is 4.79 Å². The number of benzene rings is 1. The van der Waals surface area contributed by atoms with Crippen molar-refractivity contribution in [3.05, 3.63) is 53.9 Å². The first-order chi connectivity index (χ1) is 13.2. The predicted molar refractivity (Wildman–Crippen MR) is 106 cm³/mol. The lowest BCUT2D eigenvalue weighted by Gasteiger charge is -2.32. The van der Waals surface area contributed by atoms with E-state index in [9.17, 15) is 4.79 Å². The zero-order chi connectivity index (χ0) is 18.6. The van der Waals surface area contributed by atoms with Gasteiger partial charge in [-0.2, -0.15) is 0 Å². The Labute approximate surface area is 158 Å². The van der Waals surface area contributed by atoms with E-state index < -0.39 is 0 Å². The van der Waals surface area contributed by atoms with Gasteiger partial charge in [0.1, 0.15) is 5.82 Å². The summed E-state index contributed by atoms with van der Waals surface area (Å²) in [6.45, 7) is 4.02. The molecule has 0 bridgehead atoms. The number of H-pyrrole nitrogens is 1. The van der Waals surface area contributed by atoms with Crippen molar-refractivity contribution in [1.82, 2.24) is 25.0 Å². The topological polar surface area (TPSA) is 77.1 Å². The number of anilines is 1. The molecule has 1 amide bonds. The van der Waals surface area contributed by atoms with Crippen molar-refractivity contribution in [3.8, 4) is 0 Å². The molecule has 2 N–H and O–H groups in total. The molecule has 3 heterocycles. The number of hydrogen-bond acceptors (Lipinski definition) is 5. The molecule has 140 valence electrons. The van der Waals surface area contributed by atoms with E-state index in [0.29, 0.717) is 11.5 Å². The summed E-state index contributed by atoms with van der Waals surface area (Å²) in [6.07, 6.45) is 2.93. The highest BCUT2D eigenvalue weighted by molar-refractivity contribution is 5.92. The van der Waals surface area contributed by atoms with Crippen molar-refractivity contribution < 1.29 is 4.79 Å². The van der Waals surface area contributed by atoms with Crippen LogP contribution in [-0.4, -0.2) is 70.7 Å². The zero-order valence-corrected chi connectivity index (χ0v) is 15.5. The second-order valence-corrected chi connectivity index (χ2v) is 6.94. The Morgan fingerprint density at radius 3 is 2.70 bits per heavy atom. The van der Waals surface area contributed by atoms with Crippen LogP contribution >= 0.6 is 0 Å². The molecule has 1 aromatic carbocycles. The van der Waals surface area contributed by atoms with E-state index in [1.807, 2.05) is 17.0 Å². The maximum Gasteiger partial charge on any atom is 0.274 e. The van der Waals surface area contributed by atoms with Gasteiger partial charge in [0.15, 0.2) is 5.69 Å². The summed E-state index contributed by atoms with van der Waals surface area (Å²) in [5, 5.41) is 12.8. The second-order valence-electron chi connectivity index (χ2n) is 6.94. The number of nitrogens with zero attached hydrogens (tertiary/aromatic N) is 4. The number of amides is 1. The normalized spacial score (nSPS) is 15.2.